The zero-order valence-corrected chi connectivity index (χ0v) is 15.1. The van der Waals surface area contributed by atoms with Crippen molar-refractivity contribution in [2.24, 2.45) is 5.92 Å². The number of benzene rings is 1. The Kier molecular flexibility index (Phi) is 5.83. The molecule has 0 spiro atoms. The van der Waals surface area contributed by atoms with Gasteiger partial charge in [0.2, 0.25) is 0 Å². The van der Waals surface area contributed by atoms with Crippen molar-refractivity contribution in [1.82, 2.24) is 0 Å². The number of hydrogen-bond donors (Lipinski definition) is 2. The Morgan fingerprint density at radius 1 is 1.05 bits per heavy atom. The molecule has 0 radical (unpaired) electrons. The van der Waals surface area contributed by atoms with Gasteiger partial charge in [-0.15, -0.1) is 11.8 Å². The summed E-state index contributed by atoms with van der Waals surface area (Å²) in [6.45, 7) is 9.13. The van der Waals surface area contributed by atoms with Gasteiger partial charge in [0.15, 0.2) is 0 Å². The fourth-order valence-electron chi connectivity index (χ4n) is 4.35. The zero-order chi connectivity index (χ0) is 15.4. The molecule has 2 aliphatic rings. The highest BCUT2D eigenvalue weighted by Crippen LogP contribution is 2.21. The molecule has 1 saturated heterocycles. The van der Waals surface area contributed by atoms with Gasteiger partial charge in [-0.3, -0.25) is 0 Å². The van der Waals surface area contributed by atoms with E-state index in [1.807, 2.05) is 16.7 Å². The van der Waals surface area contributed by atoms with Gasteiger partial charge in [-0.25, -0.2) is 0 Å². The average Bonchev–Trinajstić information content (AvgIpc) is 2.56. The van der Waals surface area contributed by atoms with Gasteiger partial charge in [-0.1, -0.05) is 25.5 Å². The monoisotopic (exact) mass is 320 g/mol. The summed E-state index contributed by atoms with van der Waals surface area (Å²) in [6.07, 6.45) is 8.03. The van der Waals surface area contributed by atoms with Crippen molar-refractivity contribution < 1.29 is 9.80 Å². The number of hydrogen-bond acceptors (Lipinski definition) is 1. The van der Waals surface area contributed by atoms with Crippen LogP contribution >= 0.6 is 11.8 Å². The second-order valence-corrected chi connectivity index (χ2v) is 8.28. The molecular formula is C19H32N2S+2. The van der Waals surface area contributed by atoms with E-state index in [0.29, 0.717) is 0 Å². The van der Waals surface area contributed by atoms with Crippen LogP contribution in [0.3, 0.4) is 0 Å². The Morgan fingerprint density at radius 3 is 2.41 bits per heavy atom. The Hall–Kier alpha value is -0.510. The lowest BCUT2D eigenvalue weighted by Crippen LogP contribution is -3.29. The van der Waals surface area contributed by atoms with Gasteiger partial charge in [0.25, 0.3) is 0 Å². The van der Waals surface area contributed by atoms with Gasteiger partial charge in [0.1, 0.15) is 32.7 Å². The molecule has 1 saturated carbocycles. The van der Waals surface area contributed by atoms with Crippen LogP contribution in [0.5, 0.6) is 0 Å². The number of piperazine rings is 1. The normalized spacial score (nSPS) is 32.8. The molecule has 0 aromatic heterocycles. The second kappa shape index (κ2) is 7.85. The van der Waals surface area contributed by atoms with Crippen LogP contribution in [0.15, 0.2) is 29.2 Å². The van der Waals surface area contributed by atoms with E-state index in [1.54, 1.807) is 4.90 Å². The van der Waals surface area contributed by atoms with E-state index in [1.165, 1.54) is 68.9 Å². The third-order valence-corrected chi connectivity index (χ3v) is 6.47. The van der Waals surface area contributed by atoms with E-state index < -0.39 is 0 Å². The van der Waals surface area contributed by atoms with Crippen LogP contribution in [-0.4, -0.2) is 38.5 Å². The standard InChI is InChI=1S/C19H30N2S/c1-16-4-3-5-18(14-16)21-12-10-20(11-13-21)15-17-6-8-19(22-2)9-7-17/h6-9,16,18H,3-5,10-15H2,1-2H3/p+2/t16-,18-/m1/s1. The summed E-state index contributed by atoms with van der Waals surface area (Å²) in [6, 6.07) is 10.1. The maximum absolute atomic E-state index is 2.45. The number of quaternary nitrogens is 2. The van der Waals surface area contributed by atoms with Crippen molar-refractivity contribution in [2.75, 3.05) is 32.4 Å². The molecule has 3 rings (SSSR count). The fraction of sp³-hybridized carbons (Fsp3) is 0.684. The van der Waals surface area contributed by atoms with Crippen molar-refractivity contribution >= 4 is 11.8 Å². The Labute approximate surface area is 140 Å². The third-order valence-electron chi connectivity index (χ3n) is 5.73. The maximum atomic E-state index is 2.45. The van der Waals surface area contributed by atoms with Gasteiger partial charge < -0.3 is 9.80 Å². The summed E-state index contributed by atoms with van der Waals surface area (Å²) in [5, 5.41) is 0. The summed E-state index contributed by atoms with van der Waals surface area (Å²) >= 11 is 1.83. The lowest BCUT2D eigenvalue weighted by molar-refractivity contribution is -1.03. The summed E-state index contributed by atoms with van der Waals surface area (Å²) in [7, 11) is 0. The van der Waals surface area contributed by atoms with E-state index in [9.17, 15) is 0 Å². The van der Waals surface area contributed by atoms with Crippen LogP contribution < -0.4 is 9.80 Å². The summed E-state index contributed by atoms with van der Waals surface area (Å²) < 4.78 is 0. The van der Waals surface area contributed by atoms with Crippen molar-refractivity contribution in [3.63, 3.8) is 0 Å². The van der Waals surface area contributed by atoms with Crippen LogP contribution in [0.4, 0.5) is 0 Å². The van der Waals surface area contributed by atoms with E-state index in [0.717, 1.165) is 12.0 Å². The predicted octanol–water partition coefficient (Wildman–Crippen LogP) is 1.27. The molecule has 2 atom stereocenters. The first-order valence-corrected chi connectivity index (χ1v) is 10.3. The largest absolute Gasteiger partial charge is 0.323 e. The zero-order valence-electron chi connectivity index (χ0n) is 14.2. The third kappa shape index (κ3) is 4.27. The van der Waals surface area contributed by atoms with Gasteiger partial charge in [-0.2, -0.15) is 0 Å². The highest BCUT2D eigenvalue weighted by atomic mass is 32.2. The van der Waals surface area contributed by atoms with Gasteiger partial charge in [0, 0.05) is 16.9 Å². The SMILES string of the molecule is CSc1ccc(C[NH+]2CC[NH+]([C@@H]3CCC[C@@H](C)C3)CC2)cc1. The molecule has 0 bridgehead atoms. The molecule has 0 amide bonds. The predicted molar refractivity (Wildman–Crippen MR) is 94.7 cm³/mol. The first-order valence-electron chi connectivity index (χ1n) is 9.05. The van der Waals surface area contributed by atoms with Gasteiger partial charge in [-0.05, 0) is 37.1 Å². The molecular weight excluding hydrogens is 288 g/mol. The molecule has 1 aliphatic heterocycles. The minimum atomic E-state index is 0.964. The molecule has 1 aliphatic carbocycles. The fourth-order valence-corrected chi connectivity index (χ4v) is 4.75. The van der Waals surface area contributed by atoms with Crippen molar-refractivity contribution in [3.05, 3.63) is 29.8 Å². The van der Waals surface area contributed by atoms with Crippen LogP contribution in [0.2, 0.25) is 0 Å². The smallest absolute Gasteiger partial charge is 0.127 e. The molecule has 1 heterocycles. The lowest BCUT2D eigenvalue weighted by Gasteiger charge is -2.37. The van der Waals surface area contributed by atoms with Crippen LogP contribution in [-0.2, 0) is 6.54 Å². The summed E-state index contributed by atoms with van der Waals surface area (Å²) in [4.78, 5) is 5.07. The number of nitrogens with one attached hydrogen (secondary N) is 2. The topological polar surface area (TPSA) is 8.88 Å². The highest BCUT2D eigenvalue weighted by molar-refractivity contribution is 7.98. The summed E-state index contributed by atoms with van der Waals surface area (Å²) in [5.41, 5.74) is 1.50. The van der Waals surface area contributed by atoms with Crippen molar-refractivity contribution in [1.29, 1.82) is 0 Å². The van der Waals surface area contributed by atoms with Gasteiger partial charge >= 0.3 is 0 Å². The highest BCUT2D eigenvalue weighted by Gasteiger charge is 2.32. The second-order valence-electron chi connectivity index (χ2n) is 7.40. The summed E-state index contributed by atoms with van der Waals surface area (Å²) in [5.74, 6) is 0.964. The Morgan fingerprint density at radius 2 is 1.77 bits per heavy atom. The van der Waals surface area contributed by atoms with Crippen LogP contribution in [0.25, 0.3) is 0 Å². The quantitative estimate of drug-likeness (QED) is 0.794. The molecule has 3 heteroatoms. The first kappa shape index (κ1) is 16.4. The minimum absolute atomic E-state index is 0.964. The molecule has 22 heavy (non-hydrogen) atoms. The molecule has 1 aromatic carbocycles. The van der Waals surface area contributed by atoms with E-state index in [4.69, 9.17) is 0 Å². The molecule has 1 aromatic rings. The molecule has 2 fully saturated rings. The van der Waals surface area contributed by atoms with Crippen LogP contribution in [0.1, 0.15) is 38.2 Å². The molecule has 0 unspecified atom stereocenters. The van der Waals surface area contributed by atoms with E-state index in [-0.39, 0.29) is 0 Å². The Balaban J connectivity index is 1.46. The lowest BCUT2D eigenvalue weighted by atomic mass is 9.86. The maximum Gasteiger partial charge on any atom is 0.127 e. The van der Waals surface area contributed by atoms with Crippen molar-refractivity contribution in [3.8, 4) is 0 Å². The van der Waals surface area contributed by atoms with Gasteiger partial charge in [0.05, 0.1) is 6.04 Å². The number of thioether (sulfide) groups is 1. The number of rotatable bonds is 4. The molecule has 2 nitrogen and oxygen atoms in total. The van der Waals surface area contributed by atoms with Crippen LogP contribution in [0, 0.1) is 5.92 Å². The minimum Gasteiger partial charge on any atom is -0.323 e. The molecule has 122 valence electrons. The molecule has 2 N–H and O–H groups in total. The van der Waals surface area contributed by atoms with E-state index >= 15 is 0 Å². The average molecular weight is 321 g/mol. The van der Waals surface area contributed by atoms with E-state index in [2.05, 4.69) is 37.4 Å². The first-order chi connectivity index (χ1) is 10.7. The Bertz CT molecular complexity index is 451. The van der Waals surface area contributed by atoms with Crippen molar-refractivity contribution in [2.45, 2.75) is 50.1 Å².